The molecule has 0 spiro atoms. The van der Waals surface area contributed by atoms with Gasteiger partial charge in [-0.2, -0.15) is 0 Å². The van der Waals surface area contributed by atoms with Crippen molar-refractivity contribution in [3.05, 3.63) is 72.3 Å². The highest BCUT2D eigenvalue weighted by Crippen LogP contribution is 2.21. The van der Waals surface area contributed by atoms with Gasteiger partial charge in [0.05, 0.1) is 6.61 Å². The van der Waals surface area contributed by atoms with Crippen molar-refractivity contribution < 1.29 is 19.1 Å². The number of ether oxygens (including phenoxy) is 2. The third-order valence-corrected chi connectivity index (χ3v) is 4.59. The Morgan fingerprint density at radius 3 is 2.33 bits per heavy atom. The summed E-state index contributed by atoms with van der Waals surface area (Å²) in [5.41, 5.74) is 5.23. The topological polar surface area (TPSA) is 76.7 Å². The summed E-state index contributed by atoms with van der Waals surface area (Å²) >= 11 is 0. The first-order chi connectivity index (χ1) is 14.6. The first-order valence-corrected chi connectivity index (χ1v) is 10.1. The van der Waals surface area contributed by atoms with Gasteiger partial charge in [-0.05, 0) is 60.5 Å². The molecule has 3 rings (SSSR count). The molecular formula is C24H26N2O4. The molecule has 0 radical (unpaired) electrons. The lowest BCUT2D eigenvalue weighted by molar-refractivity contribution is -0.128. The number of nitrogens with one attached hydrogen (secondary N) is 2. The Morgan fingerprint density at radius 1 is 0.900 bits per heavy atom. The zero-order valence-electron chi connectivity index (χ0n) is 17.2. The number of hydrazine groups is 1. The van der Waals surface area contributed by atoms with Gasteiger partial charge in [0.1, 0.15) is 11.5 Å². The molecule has 0 fully saturated rings. The zero-order valence-corrected chi connectivity index (χ0v) is 17.2. The Balaban J connectivity index is 1.49. The number of carbonyl (C=O) groups excluding carboxylic acids is 2. The number of hydrogen-bond donors (Lipinski definition) is 2. The smallest absolute Gasteiger partial charge is 0.279 e. The van der Waals surface area contributed by atoms with Gasteiger partial charge in [-0.3, -0.25) is 20.4 Å². The number of benzene rings is 3. The maximum Gasteiger partial charge on any atom is 0.279 e. The molecule has 2 N–H and O–H groups in total. The predicted molar refractivity (Wildman–Crippen MR) is 116 cm³/mol. The summed E-state index contributed by atoms with van der Waals surface area (Å²) in [6.45, 7) is 4.37. The van der Waals surface area contributed by atoms with E-state index in [-0.39, 0.29) is 0 Å². The highest BCUT2D eigenvalue weighted by atomic mass is 16.5. The Morgan fingerprint density at radius 2 is 1.60 bits per heavy atom. The van der Waals surface area contributed by atoms with Gasteiger partial charge < -0.3 is 9.47 Å². The molecule has 156 valence electrons. The summed E-state index contributed by atoms with van der Waals surface area (Å²) in [5.74, 6) is 0.431. The van der Waals surface area contributed by atoms with Gasteiger partial charge in [0.2, 0.25) is 0 Å². The molecule has 0 saturated carbocycles. The van der Waals surface area contributed by atoms with E-state index < -0.39 is 17.9 Å². The van der Waals surface area contributed by atoms with Crippen LogP contribution in [0.3, 0.4) is 0 Å². The van der Waals surface area contributed by atoms with Crippen molar-refractivity contribution in [2.45, 2.75) is 32.8 Å². The lowest BCUT2D eigenvalue weighted by Gasteiger charge is -2.15. The fourth-order valence-electron chi connectivity index (χ4n) is 2.83. The minimum absolute atomic E-state index is 0.415. The van der Waals surface area contributed by atoms with Crippen molar-refractivity contribution in [3.8, 4) is 11.5 Å². The summed E-state index contributed by atoms with van der Waals surface area (Å²) < 4.78 is 11.3. The minimum Gasteiger partial charge on any atom is -0.494 e. The number of fused-ring (bicyclic) bond motifs is 1. The standard InChI is InChI=1S/C24H26N2O4/c1-3-4-15-29-21-12-10-19(11-13-21)24(28)26-25-23(27)17(2)30-22-14-9-18-7-5-6-8-20(18)16-22/h5-14,16-17H,3-4,15H2,1-2H3,(H,25,27)(H,26,28). The molecule has 0 aromatic heterocycles. The van der Waals surface area contributed by atoms with E-state index in [0.29, 0.717) is 23.7 Å². The Hall–Kier alpha value is -3.54. The van der Waals surface area contributed by atoms with Gasteiger partial charge in [0, 0.05) is 5.56 Å². The van der Waals surface area contributed by atoms with Crippen LogP contribution in [0.1, 0.15) is 37.0 Å². The molecule has 3 aromatic carbocycles. The fourth-order valence-corrected chi connectivity index (χ4v) is 2.83. The molecule has 6 heteroatoms. The van der Waals surface area contributed by atoms with Crippen LogP contribution in [0.25, 0.3) is 10.8 Å². The number of amides is 2. The quantitative estimate of drug-likeness (QED) is 0.433. The van der Waals surface area contributed by atoms with Crippen LogP contribution in [-0.2, 0) is 4.79 Å². The summed E-state index contributed by atoms with van der Waals surface area (Å²) in [7, 11) is 0. The molecule has 0 aliphatic rings. The van der Waals surface area contributed by atoms with Gasteiger partial charge in [0.25, 0.3) is 11.8 Å². The van der Waals surface area contributed by atoms with Crippen molar-refractivity contribution in [2.24, 2.45) is 0 Å². The zero-order chi connectivity index (χ0) is 21.3. The van der Waals surface area contributed by atoms with Gasteiger partial charge >= 0.3 is 0 Å². The maximum absolute atomic E-state index is 12.3. The van der Waals surface area contributed by atoms with E-state index in [9.17, 15) is 9.59 Å². The molecule has 0 heterocycles. The second-order valence-corrected chi connectivity index (χ2v) is 6.94. The lowest BCUT2D eigenvalue weighted by Crippen LogP contribution is -2.47. The normalized spacial score (nSPS) is 11.5. The van der Waals surface area contributed by atoms with Crippen molar-refractivity contribution in [3.63, 3.8) is 0 Å². The van der Waals surface area contributed by atoms with E-state index in [0.717, 1.165) is 23.6 Å². The van der Waals surface area contributed by atoms with Gasteiger partial charge in [0.15, 0.2) is 6.10 Å². The molecule has 0 aliphatic carbocycles. The first kappa shape index (κ1) is 21.2. The average Bonchev–Trinajstić information content (AvgIpc) is 2.77. The molecular weight excluding hydrogens is 380 g/mol. The number of carbonyl (C=O) groups is 2. The summed E-state index contributed by atoms with van der Waals surface area (Å²) in [4.78, 5) is 24.5. The molecule has 2 amide bonds. The van der Waals surface area contributed by atoms with Crippen molar-refractivity contribution in [2.75, 3.05) is 6.61 Å². The second-order valence-electron chi connectivity index (χ2n) is 6.94. The van der Waals surface area contributed by atoms with Gasteiger partial charge in [-0.15, -0.1) is 0 Å². The predicted octanol–water partition coefficient (Wildman–Crippen LogP) is 4.25. The van der Waals surface area contributed by atoms with Crippen LogP contribution in [0.2, 0.25) is 0 Å². The van der Waals surface area contributed by atoms with Crippen molar-refractivity contribution in [1.29, 1.82) is 0 Å². The Labute approximate surface area is 176 Å². The maximum atomic E-state index is 12.3. The molecule has 0 bridgehead atoms. The second kappa shape index (κ2) is 10.3. The van der Waals surface area contributed by atoms with Crippen LogP contribution in [0.15, 0.2) is 66.7 Å². The van der Waals surface area contributed by atoms with E-state index in [2.05, 4.69) is 17.8 Å². The molecule has 3 aromatic rings. The van der Waals surface area contributed by atoms with Crippen LogP contribution in [0.4, 0.5) is 0 Å². The molecule has 30 heavy (non-hydrogen) atoms. The third-order valence-electron chi connectivity index (χ3n) is 4.59. The molecule has 1 atom stereocenters. The summed E-state index contributed by atoms with van der Waals surface area (Å²) in [5, 5.41) is 2.12. The minimum atomic E-state index is -0.777. The summed E-state index contributed by atoms with van der Waals surface area (Å²) in [6.07, 6.45) is 1.26. The van der Waals surface area contributed by atoms with Crippen LogP contribution >= 0.6 is 0 Å². The lowest BCUT2D eigenvalue weighted by atomic mass is 10.1. The van der Waals surface area contributed by atoms with Crippen LogP contribution in [0.5, 0.6) is 11.5 Å². The number of rotatable bonds is 8. The molecule has 0 saturated heterocycles. The van der Waals surface area contributed by atoms with E-state index in [1.165, 1.54) is 0 Å². The summed E-state index contributed by atoms with van der Waals surface area (Å²) in [6, 6.07) is 20.3. The highest BCUT2D eigenvalue weighted by molar-refractivity contribution is 5.95. The highest BCUT2D eigenvalue weighted by Gasteiger charge is 2.16. The van der Waals surface area contributed by atoms with Crippen LogP contribution < -0.4 is 20.3 Å². The van der Waals surface area contributed by atoms with E-state index in [4.69, 9.17) is 9.47 Å². The SMILES string of the molecule is CCCCOc1ccc(C(=O)NNC(=O)C(C)Oc2ccc3ccccc3c2)cc1. The first-order valence-electron chi connectivity index (χ1n) is 10.1. The third kappa shape index (κ3) is 5.73. The van der Waals surface area contributed by atoms with Crippen LogP contribution in [-0.4, -0.2) is 24.5 Å². The molecule has 1 unspecified atom stereocenters. The van der Waals surface area contributed by atoms with Gasteiger partial charge in [-0.1, -0.05) is 43.7 Å². The number of hydrogen-bond acceptors (Lipinski definition) is 4. The van der Waals surface area contributed by atoms with Crippen LogP contribution in [0, 0.1) is 0 Å². The fraction of sp³-hybridized carbons (Fsp3) is 0.250. The Bertz CT molecular complexity index is 1000. The van der Waals surface area contributed by atoms with Gasteiger partial charge in [-0.25, -0.2) is 0 Å². The number of unbranched alkanes of at least 4 members (excludes halogenated alkanes) is 1. The molecule has 6 nitrogen and oxygen atoms in total. The van der Waals surface area contributed by atoms with Crippen molar-refractivity contribution >= 4 is 22.6 Å². The van der Waals surface area contributed by atoms with Crippen molar-refractivity contribution in [1.82, 2.24) is 10.9 Å². The van der Waals surface area contributed by atoms with E-state index in [1.54, 1.807) is 31.2 Å². The average molecular weight is 406 g/mol. The van der Waals surface area contributed by atoms with E-state index in [1.807, 2.05) is 42.5 Å². The Kier molecular flexibility index (Phi) is 7.27. The van der Waals surface area contributed by atoms with E-state index >= 15 is 0 Å². The monoisotopic (exact) mass is 406 g/mol. The largest absolute Gasteiger partial charge is 0.494 e. The molecule has 0 aliphatic heterocycles.